The van der Waals surface area contributed by atoms with Gasteiger partial charge in [0.15, 0.2) is 5.82 Å². The molecule has 0 bridgehead atoms. The van der Waals surface area contributed by atoms with Crippen molar-refractivity contribution in [3.05, 3.63) is 58.9 Å². The average Bonchev–Trinajstić information content (AvgIpc) is 3.20. The standard InChI is InChI=1S/C23H19F4N5O4/c24-18-9-12(23(25,26)27)1-4-17(18)22(6-7-22)21(34)28-13-2-3-15(16(10-13)19-29-31-32-30-19)20(33)36-14-5-8-35-11-14/h1-4,9-10,14H,5-8,11H2,(H,28,34)(H,29,30,31,32). The van der Waals surface area contributed by atoms with Gasteiger partial charge in [-0.3, -0.25) is 4.79 Å². The maximum atomic E-state index is 14.6. The molecule has 1 atom stereocenters. The van der Waals surface area contributed by atoms with Gasteiger partial charge in [0.2, 0.25) is 5.91 Å². The second kappa shape index (κ2) is 8.97. The van der Waals surface area contributed by atoms with Crippen molar-refractivity contribution in [2.75, 3.05) is 18.5 Å². The largest absolute Gasteiger partial charge is 0.456 e. The summed E-state index contributed by atoms with van der Waals surface area (Å²) in [6.07, 6.45) is -3.97. The molecule has 1 aliphatic carbocycles. The van der Waals surface area contributed by atoms with Gasteiger partial charge >= 0.3 is 12.1 Å². The van der Waals surface area contributed by atoms with Crippen LogP contribution in [0.1, 0.15) is 40.7 Å². The Kier molecular flexibility index (Phi) is 5.94. The minimum atomic E-state index is -4.70. The van der Waals surface area contributed by atoms with E-state index in [0.29, 0.717) is 25.7 Å². The smallest absolute Gasteiger partial charge is 0.416 e. The Hall–Kier alpha value is -3.87. The molecule has 2 aromatic carbocycles. The van der Waals surface area contributed by atoms with Gasteiger partial charge in [-0.15, -0.1) is 5.10 Å². The highest BCUT2D eigenvalue weighted by Crippen LogP contribution is 2.50. The van der Waals surface area contributed by atoms with E-state index in [-0.39, 0.29) is 47.1 Å². The quantitative estimate of drug-likeness (QED) is 0.388. The zero-order chi connectivity index (χ0) is 25.5. The first-order chi connectivity index (χ1) is 17.2. The topological polar surface area (TPSA) is 119 Å². The molecule has 1 aromatic heterocycles. The number of esters is 1. The number of carbonyl (C=O) groups excluding carboxylic acids is 2. The number of aromatic amines is 1. The van der Waals surface area contributed by atoms with Gasteiger partial charge in [-0.1, -0.05) is 6.07 Å². The number of nitrogens with one attached hydrogen (secondary N) is 2. The number of carbonyl (C=O) groups is 2. The van der Waals surface area contributed by atoms with Crippen molar-refractivity contribution in [2.24, 2.45) is 0 Å². The van der Waals surface area contributed by atoms with Crippen molar-refractivity contribution >= 4 is 17.6 Å². The zero-order valence-electron chi connectivity index (χ0n) is 18.6. The van der Waals surface area contributed by atoms with Gasteiger partial charge in [0.05, 0.1) is 29.8 Å². The number of amides is 1. The third kappa shape index (κ3) is 4.53. The molecule has 13 heteroatoms. The van der Waals surface area contributed by atoms with E-state index in [1.54, 1.807) is 0 Å². The highest BCUT2D eigenvalue weighted by molar-refractivity contribution is 6.03. The fourth-order valence-electron chi connectivity index (χ4n) is 4.16. The summed E-state index contributed by atoms with van der Waals surface area (Å²) in [6, 6.07) is 6.52. The molecule has 2 heterocycles. The van der Waals surface area contributed by atoms with Crippen LogP contribution in [0.2, 0.25) is 0 Å². The van der Waals surface area contributed by atoms with Gasteiger partial charge in [-0.05, 0) is 53.6 Å². The summed E-state index contributed by atoms with van der Waals surface area (Å²) in [6.45, 7) is 0.782. The molecular weight excluding hydrogens is 486 g/mol. The Labute approximate surface area is 201 Å². The van der Waals surface area contributed by atoms with Crippen LogP contribution in [0.4, 0.5) is 23.2 Å². The van der Waals surface area contributed by atoms with Crippen LogP contribution in [0.3, 0.4) is 0 Å². The van der Waals surface area contributed by atoms with Crippen molar-refractivity contribution in [3.63, 3.8) is 0 Å². The molecule has 3 aromatic rings. The number of halogens is 4. The molecule has 1 unspecified atom stereocenters. The Morgan fingerprint density at radius 1 is 1.17 bits per heavy atom. The zero-order valence-corrected chi connectivity index (χ0v) is 18.6. The van der Waals surface area contributed by atoms with E-state index in [9.17, 15) is 27.2 Å². The average molecular weight is 505 g/mol. The molecule has 1 amide bonds. The van der Waals surface area contributed by atoms with Crippen molar-refractivity contribution in [1.82, 2.24) is 20.6 Å². The van der Waals surface area contributed by atoms with Gasteiger partial charge in [0.1, 0.15) is 11.9 Å². The Morgan fingerprint density at radius 3 is 2.58 bits per heavy atom. The Morgan fingerprint density at radius 2 is 1.97 bits per heavy atom. The molecule has 2 fully saturated rings. The van der Waals surface area contributed by atoms with E-state index in [4.69, 9.17) is 9.47 Å². The molecule has 36 heavy (non-hydrogen) atoms. The number of ether oxygens (including phenoxy) is 2. The number of nitrogens with zero attached hydrogens (tertiary/aromatic N) is 3. The fourth-order valence-corrected chi connectivity index (χ4v) is 4.16. The molecule has 9 nitrogen and oxygen atoms in total. The summed E-state index contributed by atoms with van der Waals surface area (Å²) in [7, 11) is 0. The normalized spacial score (nSPS) is 18.6. The van der Waals surface area contributed by atoms with Crippen molar-refractivity contribution < 1.29 is 36.6 Å². The maximum Gasteiger partial charge on any atom is 0.416 e. The minimum Gasteiger partial charge on any atom is -0.456 e. The monoisotopic (exact) mass is 505 g/mol. The molecule has 1 saturated heterocycles. The number of benzene rings is 2. The van der Waals surface area contributed by atoms with Crippen LogP contribution < -0.4 is 5.32 Å². The molecule has 1 aliphatic heterocycles. The second-order valence-corrected chi connectivity index (χ2v) is 8.63. The van der Waals surface area contributed by atoms with Gasteiger partial charge < -0.3 is 14.8 Å². The lowest BCUT2D eigenvalue weighted by molar-refractivity contribution is -0.137. The van der Waals surface area contributed by atoms with Gasteiger partial charge in [-0.2, -0.15) is 13.2 Å². The number of anilines is 1. The summed E-state index contributed by atoms with van der Waals surface area (Å²) in [5.74, 6) is -2.16. The highest BCUT2D eigenvalue weighted by Gasteiger charge is 2.53. The van der Waals surface area contributed by atoms with Crippen LogP contribution in [0.15, 0.2) is 36.4 Å². The summed E-state index contributed by atoms with van der Waals surface area (Å²) < 4.78 is 64.0. The van der Waals surface area contributed by atoms with Crippen LogP contribution in [0.25, 0.3) is 11.4 Å². The summed E-state index contributed by atoms with van der Waals surface area (Å²) in [5, 5.41) is 16.1. The lowest BCUT2D eigenvalue weighted by atomic mass is 9.93. The van der Waals surface area contributed by atoms with E-state index < -0.39 is 34.8 Å². The molecule has 0 radical (unpaired) electrons. The van der Waals surface area contributed by atoms with Gasteiger partial charge in [0.25, 0.3) is 0 Å². The molecule has 2 N–H and O–H groups in total. The summed E-state index contributed by atoms with van der Waals surface area (Å²) >= 11 is 0. The fraction of sp³-hybridized carbons (Fsp3) is 0.348. The third-order valence-electron chi connectivity index (χ3n) is 6.26. The van der Waals surface area contributed by atoms with Gasteiger partial charge in [-0.25, -0.2) is 14.3 Å². The Balaban J connectivity index is 1.40. The van der Waals surface area contributed by atoms with Crippen LogP contribution in [-0.2, 0) is 25.9 Å². The molecular formula is C23H19F4N5O4. The summed E-state index contributed by atoms with van der Waals surface area (Å²) in [4.78, 5) is 25.9. The van der Waals surface area contributed by atoms with Crippen LogP contribution in [-0.4, -0.2) is 51.8 Å². The van der Waals surface area contributed by atoms with Crippen molar-refractivity contribution in [3.8, 4) is 11.4 Å². The lowest BCUT2D eigenvalue weighted by Crippen LogP contribution is -2.29. The number of hydrogen-bond acceptors (Lipinski definition) is 7. The SMILES string of the molecule is O=C(OC1CCOC1)c1ccc(NC(=O)C2(c3ccc(C(F)(F)F)cc3F)CC2)cc1-c1nnn[nH]1. The van der Waals surface area contributed by atoms with Crippen LogP contribution in [0.5, 0.6) is 0 Å². The minimum absolute atomic E-state index is 0.105. The predicted octanol–water partition coefficient (Wildman–Crippen LogP) is 3.64. The van der Waals surface area contributed by atoms with E-state index in [1.165, 1.54) is 18.2 Å². The number of tetrazole rings is 1. The third-order valence-corrected chi connectivity index (χ3v) is 6.26. The van der Waals surface area contributed by atoms with Crippen LogP contribution in [0, 0.1) is 5.82 Å². The lowest BCUT2D eigenvalue weighted by Gasteiger charge is -2.18. The highest BCUT2D eigenvalue weighted by atomic mass is 19.4. The van der Waals surface area contributed by atoms with E-state index in [2.05, 4.69) is 25.9 Å². The van der Waals surface area contributed by atoms with Gasteiger partial charge in [0, 0.05) is 23.2 Å². The number of rotatable bonds is 6. The van der Waals surface area contributed by atoms with Crippen molar-refractivity contribution in [2.45, 2.75) is 37.0 Å². The first-order valence-corrected chi connectivity index (χ1v) is 11.0. The first kappa shape index (κ1) is 23.9. The first-order valence-electron chi connectivity index (χ1n) is 11.0. The number of H-pyrrole nitrogens is 1. The second-order valence-electron chi connectivity index (χ2n) is 8.63. The van der Waals surface area contributed by atoms with Crippen molar-refractivity contribution in [1.29, 1.82) is 0 Å². The number of hydrogen-bond donors (Lipinski definition) is 2. The number of alkyl halides is 3. The molecule has 2 aliphatic rings. The molecule has 1 saturated carbocycles. The van der Waals surface area contributed by atoms with E-state index >= 15 is 0 Å². The van der Waals surface area contributed by atoms with E-state index in [0.717, 1.165) is 12.1 Å². The predicted molar refractivity (Wildman–Crippen MR) is 115 cm³/mol. The summed E-state index contributed by atoms with van der Waals surface area (Å²) in [5.41, 5.74) is -1.86. The molecule has 188 valence electrons. The number of aromatic nitrogens is 4. The molecule has 0 spiro atoms. The molecule has 5 rings (SSSR count). The maximum absolute atomic E-state index is 14.6. The van der Waals surface area contributed by atoms with E-state index in [1.807, 2.05) is 0 Å². The Bertz CT molecular complexity index is 1300. The van der Waals surface area contributed by atoms with Crippen LogP contribution >= 0.6 is 0 Å².